The van der Waals surface area contributed by atoms with Crippen LogP contribution in [0.4, 0.5) is 5.69 Å². The van der Waals surface area contributed by atoms with Crippen molar-refractivity contribution < 1.29 is 9.47 Å². The SMILES string of the molecule is COc1cc(CC#N)c(NCc2ccccc2)cc1OC. The van der Waals surface area contributed by atoms with Crippen LogP contribution in [0, 0.1) is 11.3 Å². The maximum Gasteiger partial charge on any atom is 0.162 e. The molecule has 0 saturated carbocycles. The van der Waals surface area contributed by atoms with Gasteiger partial charge in [-0.25, -0.2) is 0 Å². The molecule has 4 heteroatoms. The molecule has 0 unspecified atom stereocenters. The number of ether oxygens (including phenoxy) is 2. The van der Waals surface area contributed by atoms with Gasteiger partial charge in [-0.2, -0.15) is 5.26 Å². The monoisotopic (exact) mass is 282 g/mol. The van der Waals surface area contributed by atoms with Crippen molar-refractivity contribution in [1.82, 2.24) is 0 Å². The molecule has 1 N–H and O–H groups in total. The molecule has 0 fully saturated rings. The van der Waals surface area contributed by atoms with E-state index >= 15 is 0 Å². The van der Waals surface area contributed by atoms with Crippen LogP contribution in [0.3, 0.4) is 0 Å². The van der Waals surface area contributed by atoms with Gasteiger partial charge in [0.2, 0.25) is 0 Å². The van der Waals surface area contributed by atoms with Crippen LogP contribution in [-0.2, 0) is 13.0 Å². The van der Waals surface area contributed by atoms with Gasteiger partial charge in [0.1, 0.15) is 0 Å². The molecule has 2 aromatic rings. The van der Waals surface area contributed by atoms with Crippen LogP contribution >= 0.6 is 0 Å². The van der Waals surface area contributed by atoms with Crippen molar-refractivity contribution in [2.45, 2.75) is 13.0 Å². The Hall–Kier alpha value is -2.67. The molecule has 0 spiro atoms. The van der Waals surface area contributed by atoms with Crippen LogP contribution in [0.1, 0.15) is 11.1 Å². The highest BCUT2D eigenvalue weighted by Gasteiger charge is 2.11. The molecule has 0 aliphatic rings. The smallest absolute Gasteiger partial charge is 0.162 e. The molecule has 0 saturated heterocycles. The quantitative estimate of drug-likeness (QED) is 0.882. The van der Waals surface area contributed by atoms with E-state index < -0.39 is 0 Å². The minimum absolute atomic E-state index is 0.317. The predicted octanol–water partition coefficient (Wildman–Crippen LogP) is 3.38. The Balaban J connectivity index is 2.26. The van der Waals surface area contributed by atoms with Crippen LogP contribution < -0.4 is 14.8 Å². The molecule has 0 aliphatic carbocycles. The van der Waals surface area contributed by atoms with Crippen molar-refractivity contribution in [1.29, 1.82) is 5.26 Å². The molecule has 0 radical (unpaired) electrons. The van der Waals surface area contributed by atoms with Gasteiger partial charge in [0.25, 0.3) is 0 Å². The number of hydrogen-bond donors (Lipinski definition) is 1. The second kappa shape index (κ2) is 7.20. The molecule has 4 nitrogen and oxygen atoms in total. The summed E-state index contributed by atoms with van der Waals surface area (Å²) in [6.45, 7) is 0.689. The topological polar surface area (TPSA) is 54.3 Å². The summed E-state index contributed by atoms with van der Waals surface area (Å²) >= 11 is 0. The van der Waals surface area contributed by atoms with E-state index in [1.54, 1.807) is 14.2 Å². The lowest BCUT2D eigenvalue weighted by molar-refractivity contribution is 0.355. The van der Waals surface area contributed by atoms with Crippen LogP contribution in [0.5, 0.6) is 11.5 Å². The van der Waals surface area contributed by atoms with Gasteiger partial charge in [-0.05, 0) is 17.2 Å². The first-order valence-corrected chi connectivity index (χ1v) is 6.68. The minimum atomic E-state index is 0.317. The predicted molar refractivity (Wildman–Crippen MR) is 82.6 cm³/mol. The van der Waals surface area contributed by atoms with Crippen molar-refractivity contribution in [3.63, 3.8) is 0 Å². The maximum atomic E-state index is 8.97. The van der Waals surface area contributed by atoms with Gasteiger partial charge in [-0.15, -0.1) is 0 Å². The van der Waals surface area contributed by atoms with Crippen LogP contribution in [0.2, 0.25) is 0 Å². The summed E-state index contributed by atoms with van der Waals surface area (Å²) in [6, 6.07) is 16.0. The normalized spacial score (nSPS) is 9.76. The number of rotatable bonds is 6. The van der Waals surface area contributed by atoms with Crippen molar-refractivity contribution in [3.8, 4) is 17.6 Å². The van der Waals surface area contributed by atoms with Crippen molar-refractivity contribution in [3.05, 3.63) is 53.6 Å². The summed E-state index contributed by atoms with van der Waals surface area (Å²) in [4.78, 5) is 0. The van der Waals surface area contributed by atoms with Crippen molar-refractivity contribution >= 4 is 5.69 Å². The van der Waals surface area contributed by atoms with E-state index in [2.05, 4.69) is 23.5 Å². The summed E-state index contributed by atoms with van der Waals surface area (Å²) < 4.78 is 10.6. The molecular formula is C17H18N2O2. The zero-order valence-corrected chi connectivity index (χ0v) is 12.2. The Kier molecular flexibility index (Phi) is 5.05. The summed E-state index contributed by atoms with van der Waals surface area (Å²) in [5.41, 5.74) is 2.96. The molecular weight excluding hydrogens is 264 g/mol. The number of nitrogens with zero attached hydrogens (tertiary/aromatic N) is 1. The van der Waals surface area contributed by atoms with E-state index in [0.29, 0.717) is 24.5 Å². The molecule has 0 aliphatic heterocycles. The second-order valence-corrected chi connectivity index (χ2v) is 4.54. The van der Waals surface area contributed by atoms with Gasteiger partial charge in [-0.1, -0.05) is 30.3 Å². The molecule has 2 aromatic carbocycles. The zero-order valence-electron chi connectivity index (χ0n) is 12.2. The lowest BCUT2D eigenvalue weighted by Crippen LogP contribution is -2.04. The number of nitrogens with one attached hydrogen (secondary N) is 1. The Labute approximate surface area is 124 Å². The number of anilines is 1. The van der Waals surface area contributed by atoms with Gasteiger partial charge in [0.15, 0.2) is 11.5 Å². The van der Waals surface area contributed by atoms with Gasteiger partial charge in [0.05, 0.1) is 26.7 Å². The Morgan fingerprint density at radius 1 is 1.05 bits per heavy atom. The summed E-state index contributed by atoms with van der Waals surface area (Å²) in [7, 11) is 3.19. The molecule has 21 heavy (non-hydrogen) atoms. The minimum Gasteiger partial charge on any atom is -0.493 e. The standard InChI is InChI=1S/C17H18N2O2/c1-20-16-10-14(8-9-18)15(11-17(16)21-2)19-12-13-6-4-3-5-7-13/h3-7,10-11,19H,8,12H2,1-2H3. The van der Waals surface area contributed by atoms with Crippen LogP contribution in [0.15, 0.2) is 42.5 Å². The fraction of sp³-hybridized carbons (Fsp3) is 0.235. The third kappa shape index (κ3) is 3.67. The summed E-state index contributed by atoms with van der Waals surface area (Å²) in [6.07, 6.45) is 0.317. The van der Waals surface area contributed by atoms with E-state index in [9.17, 15) is 0 Å². The lowest BCUT2D eigenvalue weighted by Gasteiger charge is -2.15. The molecule has 0 atom stereocenters. The van der Waals surface area contributed by atoms with Crippen LogP contribution in [0.25, 0.3) is 0 Å². The highest BCUT2D eigenvalue weighted by molar-refractivity contribution is 5.61. The second-order valence-electron chi connectivity index (χ2n) is 4.54. The average molecular weight is 282 g/mol. The molecule has 2 rings (SSSR count). The maximum absolute atomic E-state index is 8.97. The lowest BCUT2D eigenvalue weighted by atomic mass is 10.1. The Morgan fingerprint density at radius 2 is 1.71 bits per heavy atom. The Bertz CT molecular complexity index is 633. The number of methoxy groups -OCH3 is 2. The van der Waals surface area contributed by atoms with Gasteiger partial charge < -0.3 is 14.8 Å². The fourth-order valence-electron chi connectivity index (χ4n) is 2.11. The van der Waals surface area contributed by atoms with E-state index in [1.165, 1.54) is 5.56 Å². The van der Waals surface area contributed by atoms with Crippen molar-refractivity contribution in [2.75, 3.05) is 19.5 Å². The van der Waals surface area contributed by atoms with Crippen LogP contribution in [-0.4, -0.2) is 14.2 Å². The molecule has 0 bridgehead atoms. The number of hydrogen-bond acceptors (Lipinski definition) is 4. The van der Waals surface area contributed by atoms with Gasteiger partial charge in [0, 0.05) is 18.3 Å². The van der Waals surface area contributed by atoms with Gasteiger partial charge in [-0.3, -0.25) is 0 Å². The summed E-state index contributed by atoms with van der Waals surface area (Å²) in [5.74, 6) is 1.28. The molecule has 0 aromatic heterocycles. The first-order chi connectivity index (χ1) is 10.3. The third-order valence-electron chi connectivity index (χ3n) is 3.20. The Morgan fingerprint density at radius 3 is 2.33 bits per heavy atom. The first-order valence-electron chi connectivity index (χ1n) is 6.68. The molecule has 0 heterocycles. The number of nitriles is 1. The van der Waals surface area contributed by atoms with Crippen molar-refractivity contribution in [2.24, 2.45) is 0 Å². The molecule has 0 amide bonds. The largest absolute Gasteiger partial charge is 0.493 e. The van der Waals surface area contributed by atoms with E-state index in [-0.39, 0.29) is 0 Å². The highest BCUT2D eigenvalue weighted by Crippen LogP contribution is 2.33. The third-order valence-corrected chi connectivity index (χ3v) is 3.20. The van der Waals surface area contributed by atoms with E-state index in [0.717, 1.165) is 11.3 Å². The fourth-order valence-corrected chi connectivity index (χ4v) is 2.11. The summed E-state index contributed by atoms with van der Waals surface area (Å²) in [5, 5.41) is 12.3. The molecule has 108 valence electrons. The van der Waals surface area contributed by atoms with E-state index in [1.807, 2.05) is 30.3 Å². The average Bonchev–Trinajstić information content (AvgIpc) is 2.54. The highest BCUT2D eigenvalue weighted by atomic mass is 16.5. The first kappa shape index (κ1) is 14.7. The number of benzene rings is 2. The van der Waals surface area contributed by atoms with Gasteiger partial charge >= 0.3 is 0 Å². The zero-order chi connectivity index (χ0) is 15.1. The van der Waals surface area contributed by atoms with E-state index in [4.69, 9.17) is 14.7 Å².